The molecule has 0 saturated heterocycles. The van der Waals surface area contributed by atoms with Gasteiger partial charge in [-0.3, -0.25) is 9.59 Å². The zero-order valence-corrected chi connectivity index (χ0v) is 8.40. The molecule has 0 aromatic heterocycles. The highest BCUT2D eigenvalue weighted by molar-refractivity contribution is 5.83. The fraction of sp³-hybridized carbons (Fsp3) is 0.273. The number of hydrogen-bond donors (Lipinski definition) is 2. The molecule has 15 heavy (non-hydrogen) atoms. The van der Waals surface area contributed by atoms with Crippen LogP contribution in [-0.4, -0.2) is 18.4 Å². The molecular weight excluding hydrogens is 192 g/mol. The second-order valence-electron chi connectivity index (χ2n) is 3.23. The maximum Gasteiger partial charge on any atom is 0.236 e. The molecule has 1 rings (SSSR count). The molecule has 0 spiro atoms. The Morgan fingerprint density at radius 1 is 1.20 bits per heavy atom. The van der Waals surface area contributed by atoms with E-state index < -0.39 is 5.91 Å². The van der Waals surface area contributed by atoms with Gasteiger partial charge in [0.25, 0.3) is 0 Å². The van der Waals surface area contributed by atoms with Crippen LogP contribution in [0.25, 0.3) is 0 Å². The molecule has 0 heterocycles. The first-order valence-electron chi connectivity index (χ1n) is 4.77. The molecule has 80 valence electrons. The lowest BCUT2D eigenvalue weighted by Gasteiger charge is -2.02. The third kappa shape index (κ3) is 4.81. The van der Waals surface area contributed by atoms with Crippen LogP contribution < -0.4 is 11.1 Å². The van der Waals surface area contributed by atoms with Gasteiger partial charge in [-0.2, -0.15) is 0 Å². The molecule has 0 unspecified atom stereocenters. The van der Waals surface area contributed by atoms with E-state index in [4.69, 9.17) is 5.73 Å². The Morgan fingerprint density at radius 2 is 1.87 bits per heavy atom. The number of aryl methyl sites for hydroxylation is 1. The highest BCUT2D eigenvalue weighted by Crippen LogP contribution is 2.01. The third-order valence-corrected chi connectivity index (χ3v) is 1.94. The van der Waals surface area contributed by atoms with Crippen molar-refractivity contribution < 1.29 is 9.59 Å². The van der Waals surface area contributed by atoms with Crippen molar-refractivity contribution in [2.45, 2.75) is 12.8 Å². The molecule has 0 saturated carbocycles. The minimum Gasteiger partial charge on any atom is -0.368 e. The van der Waals surface area contributed by atoms with Crippen LogP contribution in [0.4, 0.5) is 0 Å². The van der Waals surface area contributed by atoms with E-state index >= 15 is 0 Å². The summed E-state index contributed by atoms with van der Waals surface area (Å²) in [5.41, 5.74) is 6.00. The molecule has 4 heteroatoms. The van der Waals surface area contributed by atoms with Crippen LogP contribution >= 0.6 is 0 Å². The van der Waals surface area contributed by atoms with Crippen LogP contribution in [0.2, 0.25) is 0 Å². The monoisotopic (exact) mass is 206 g/mol. The van der Waals surface area contributed by atoms with Gasteiger partial charge >= 0.3 is 0 Å². The second kappa shape index (κ2) is 5.80. The summed E-state index contributed by atoms with van der Waals surface area (Å²) in [5, 5.41) is 2.44. The van der Waals surface area contributed by atoms with Gasteiger partial charge in [-0.1, -0.05) is 30.3 Å². The molecule has 1 aromatic rings. The molecule has 0 bridgehead atoms. The average Bonchev–Trinajstić information content (AvgIpc) is 2.25. The summed E-state index contributed by atoms with van der Waals surface area (Å²) in [6.07, 6.45) is 1.04. The van der Waals surface area contributed by atoms with E-state index in [9.17, 15) is 9.59 Å². The van der Waals surface area contributed by atoms with E-state index in [2.05, 4.69) is 5.32 Å². The summed E-state index contributed by atoms with van der Waals surface area (Å²) in [6.45, 7) is -0.0897. The van der Waals surface area contributed by atoms with Crippen molar-refractivity contribution in [2.24, 2.45) is 5.73 Å². The normalized spacial score (nSPS) is 9.60. The molecular formula is C11H14N2O2. The Balaban J connectivity index is 2.26. The second-order valence-corrected chi connectivity index (χ2v) is 3.23. The highest BCUT2D eigenvalue weighted by Gasteiger charge is 2.02. The van der Waals surface area contributed by atoms with E-state index in [-0.39, 0.29) is 12.5 Å². The van der Waals surface area contributed by atoms with Crippen molar-refractivity contribution in [1.29, 1.82) is 0 Å². The Labute approximate surface area is 88.5 Å². The Morgan fingerprint density at radius 3 is 2.47 bits per heavy atom. The van der Waals surface area contributed by atoms with E-state index in [1.807, 2.05) is 30.3 Å². The average molecular weight is 206 g/mol. The van der Waals surface area contributed by atoms with E-state index in [1.54, 1.807) is 0 Å². The number of primary amides is 1. The van der Waals surface area contributed by atoms with Crippen LogP contribution in [0.3, 0.4) is 0 Å². The van der Waals surface area contributed by atoms with Crippen molar-refractivity contribution in [2.75, 3.05) is 6.54 Å². The first-order chi connectivity index (χ1) is 7.18. The SMILES string of the molecule is NC(=O)CNC(=O)CCc1ccccc1. The van der Waals surface area contributed by atoms with Crippen molar-refractivity contribution in [3.05, 3.63) is 35.9 Å². The molecule has 0 aliphatic rings. The van der Waals surface area contributed by atoms with E-state index in [0.717, 1.165) is 5.56 Å². The number of nitrogens with two attached hydrogens (primary N) is 1. The molecule has 1 aromatic carbocycles. The van der Waals surface area contributed by atoms with Crippen molar-refractivity contribution in [3.8, 4) is 0 Å². The zero-order chi connectivity index (χ0) is 11.1. The van der Waals surface area contributed by atoms with Crippen molar-refractivity contribution in [3.63, 3.8) is 0 Å². The Bertz CT molecular complexity index is 336. The van der Waals surface area contributed by atoms with Gasteiger partial charge in [0.05, 0.1) is 6.54 Å². The summed E-state index contributed by atoms with van der Waals surface area (Å²) in [6, 6.07) is 9.70. The number of rotatable bonds is 5. The van der Waals surface area contributed by atoms with Gasteiger partial charge in [-0.15, -0.1) is 0 Å². The van der Waals surface area contributed by atoms with Gasteiger partial charge in [-0.05, 0) is 12.0 Å². The lowest BCUT2D eigenvalue weighted by Crippen LogP contribution is -2.33. The molecule has 4 nitrogen and oxygen atoms in total. The number of amides is 2. The van der Waals surface area contributed by atoms with Crippen LogP contribution in [0, 0.1) is 0 Å². The molecule has 3 N–H and O–H groups in total. The highest BCUT2D eigenvalue weighted by atomic mass is 16.2. The van der Waals surface area contributed by atoms with Gasteiger partial charge in [0.2, 0.25) is 11.8 Å². The minimum atomic E-state index is -0.525. The third-order valence-electron chi connectivity index (χ3n) is 1.94. The van der Waals surface area contributed by atoms with Crippen LogP contribution in [0.15, 0.2) is 30.3 Å². The molecule has 0 fully saturated rings. The summed E-state index contributed by atoms with van der Waals surface area (Å²) in [7, 11) is 0. The number of carbonyl (C=O) groups is 2. The number of benzene rings is 1. The molecule has 0 aliphatic heterocycles. The fourth-order valence-corrected chi connectivity index (χ4v) is 1.18. The quantitative estimate of drug-likeness (QED) is 0.723. The van der Waals surface area contributed by atoms with Gasteiger partial charge in [-0.25, -0.2) is 0 Å². The largest absolute Gasteiger partial charge is 0.368 e. The molecule has 0 atom stereocenters. The molecule has 0 aliphatic carbocycles. The molecule has 2 amide bonds. The smallest absolute Gasteiger partial charge is 0.236 e. The lowest BCUT2D eigenvalue weighted by atomic mass is 10.1. The van der Waals surface area contributed by atoms with Crippen molar-refractivity contribution in [1.82, 2.24) is 5.32 Å². The first-order valence-corrected chi connectivity index (χ1v) is 4.77. The van der Waals surface area contributed by atoms with Gasteiger partial charge in [0.1, 0.15) is 0 Å². The van der Waals surface area contributed by atoms with Gasteiger partial charge < -0.3 is 11.1 Å². The van der Waals surface area contributed by atoms with Gasteiger partial charge in [0.15, 0.2) is 0 Å². The standard InChI is InChI=1S/C11H14N2O2/c12-10(14)8-13-11(15)7-6-9-4-2-1-3-5-9/h1-5H,6-8H2,(H2,12,14)(H,13,15). The number of hydrogen-bond acceptors (Lipinski definition) is 2. The van der Waals surface area contributed by atoms with Crippen LogP contribution in [0.5, 0.6) is 0 Å². The summed E-state index contributed by atoms with van der Waals surface area (Å²) in [4.78, 5) is 21.6. The Kier molecular flexibility index (Phi) is 4.34. The maximum absolute atomic E-state index is 11.2. The van der Waals surface area contributed by atoms with E-state index in [1.165, 1.54) is 0 Å². The lowest BCUT2D eigenvalue weighted by molar-refractivity contribution is -0.124. The fourth-order valence-electron chi connectivity index (χ4n) is 1.18. The van der Waals surface area contributed by atoms with Crippen molar-refractivity contribution >= 4 is 11.8 Å². The predicted molar refractivity (Wildman–Crippen MR) is 57.0 cm³/mol. The van der Waals surface area contributed by atoms with Crippen LogP contribution in [0.1, 0.15) is 12.0 Å². The summed E-state index contributed by atoms with van der Waals surface area (Å²) < 4.78 is 0. The van der Waals surface area contributed by atoms with Crippen LogP contribution in [-0.2, 0) is 16.0 Å². The molecule has 0 radical (unpaired) electrons. The summed E-state index contributed by atoms with van der Waals surface area (Å²) >= 11 is 0. The number of nitrogens with one attached hydrogen (secondary N) is 1. The zero-order valence-electron chi connectivity index (χ0n) is 8.40. The Hall–Kier alpha value is -1.84. The topological polar surface area (TPSA) is 72.2 Å². The number of carbonyl (C=O) groups excluding carboxylic acids is 2. The van der Waals surface area contributed by atoms with E-state index in [0.29, 0.717) is 12.8 Å². The van der Waals surface area contributed by atoms with Gasteiger partial charge in [0, 0.05) is 6.42 Å². The maximum atomic E-state index is 11.2. The first kappa shape index (κ1) is 11.2. The minimum absolute atomic E-state index is 0.0897. The summed E-state index contributed by atoms with van der Waals surface area (Å²) in [5.74, 6) is -0.680. The predicted octanol–water partition coefficient (Wildman–Crippen LogP) is 0.221.